The van der Waals surface area contributed by atoms with Gasteiger partial charge >= 0.3 is 0 Å². The maximum atomic E-state index is 12.7. The monoisotopic (exact) mass is 377 g/mol. The predicted octanol–water partition coefficient (Wildman–Crippen LogP) is 2.13. The van der Waals surface area contributed by atoms with Gasteiger partial charge in [0, 0.05) is 24.7 Å². The third kappa shape index (κ3) is 4.04. The van der Waals surface area contributed by atoms with Crippen LogP contribution >= 0.6 is 15.9 Å². The van der Waals surface area contributed by atoms with Crippen molar-refractivity contribution in [2.45, 2.75) is 36.9 Å². The molecule has 2 rings (SSSR count). The number of likely N-dealkylation sites (N-methyl/N-ethyl adjacent to an activating group) is 1. The van der Waals surface area contributed by atoms with Crippen molar-refractivity contribution in [2.75, 3.05) is 20.2 Å². The number of sulfonamides is 1. The first-order chi connectivity index (χ1) is 9.95. The van der Waals surface area contributed by atoms with Crippen LogP contribution in [0.15, 0.2) is 27.6 Å². The second-order valence-corrected chi connectivity index (χ2v) is 8.06. The molecule has 0 amide bonds. The Morgan fingerprint density at radius 2 is 2.19 bits per heavy atom. The summed E-state index contributed by atoms with van der Waals surface area (Å²) in [6.45, 7) is 0.853. The summed E-state index contributed by atoms with van der Waals surface area (Å²) in [7, 11) is -2.05. The van der Waals surface area contributed by atoms with Gasteiger partial charge in [0.05, 0.1) is 17.6 Å². The Balaban J connectivity index is 2.20. The highest BCUT2D eigenvalue weighted by atomic mass is 79.9. The van der Waals surface area contributed by atoms with Crippen molar-refractivity contribution >= 4 is 26.0 Å². The molecule has 1 fully saturated rings. The summed E-state index contributed by atoms with van der Waals surface area (Å²) in [5, 5.41) is 9.17. The Kier molecular flexibility index (Phi) is 5.79. The summed E-state index contributed by atoms with van der Waals surface area (Å²) in [4.78, 5) is 0.173. The average molecular weight is 378 g/mol. The Labute approximate surface area is 134 Å². The molecule has 0 saturated carbocycles. The minimum Gasteiger partial charge on any atom is -0.392 e. The van der Waals surface area contributed by atoms with E-state index in [9.17, 15) is 13.5 Å². The van der Waals surface area contributed by atoms with E-state index in [-0.39, 0.29) is 17.6 Å². The summed E-state index contributed by atoms with van der Waals surface area (Å²) < 4.78 is 32.7. The molecule has 1 saturated heterocycles. The van der Waals surface area contributed by atoms with Gasteiger partial charge in [-0.15, -0.1) is 0 Å². The molecule has 0 aliphatic carbocycles. The quantitative estimate of drug-likeness (QED) is 0.853. The predicted molar refractivity (Wildman–Crippen MR) is 83.5 cm³/mol. The molecule has 1 heterocycles. The summed E-state index contributed by atoms with van der Waals surface area (Å²) in [5.74, 6) is 0. The first kappa shape index (κ1) is 16.9. The fourth-order valence-electron chi connectivity index (χ4n) is 2.35. The van der Waals surface area contributed by atoms with Gasteiger partial charge in [-0.05, 0) is 52.9 Å². The Morgan fingerprint density at radius 3 is 2.81 bits per heavy atom. The standard InChI is InChI=1S/C14H20BrNO4S/c1-16(9-12-4-2-3-7-20-12)21(18,19)14-8-11(10-17)5-6-13(14)15/h5-6,8,12,17H,2-4,7,9-10H2,1H3. The summed E-state index contributed by atoms with van der Waals surface area (Å²) >= 11 is 3.27. The van der Waals surface area contributed by atoms with Gasteiger partial charge < -0.3 is 9.84 Å². The first-order valence-corrected chi connectivity index (χ1v) is 9.15. The smallest absolute Gasteiger partial charge is 0.244 e. The minimum absolute atomic E-state index is 0.0432. The maximum absolute atomic E-state index is 12.7. The highest BCUT2D eigenvalue weighted by Crippen LogP contribution is 2.26. The van der Waals surface area contributed by atoms with E-state index in [1.54, 1.807) is 19.2 Å². The number of hydrogen-bond donors (Lipinski definition) is 1. The molecule has 1 aromatic rings. The maximum Gasteiger partial charge on any atom is 0.244 e. The van der Waals surface area contributed by atoms with Gasteiger partial charge in [-0.25, -0.2) is 8.42 Å². The van der Waals surface area contributed by atoms with E-state index in [0.29, 0.717) is 23.2 Å². The fraction of sp³-hybridized carbons (Fsp3) is 0.571. The van der Waals surface area contributed by atoms with Crippen molar-refractivity contribution in [1.82, 2.24) is 4.31 Å². The Bertz CT molecular complexity index is 585. The molecule has 5 nitrogen and oxygen atoms in total. The van der Waals surface area contributed by atoms with Crippen LogP contribution in [0.4, 0.5) is 0 Å². The zero-order chi connectivity index (χ0) is 15.5. The molecule has 1 aliphatic heterocycles. The number of nitrogens with zero attached hydrogens (tertiary/aromatic N) is 1. The number of aliphatic hydroxyl groups is 1. The van der Waals surface area contributed by atoms with Gasteiger partial charge in [-0.1, -0.05) is 6.07 Å². The lowest BCUT2D eigenvalue weighted by atomic mass is 10.1. The van der Waals surface area contributed by atoms with Crippen LogP contribution in [0.25, 0.3) is 0 Å². The van der Waals surface area contributed by atoms with E-state index >= 15 is 0 Å². The van der Waals surface area contributed by atoms with Crippen LogP contribution in [-0.4, -0.2) is 44.1 Å². The molecule has 7 heteroatoms. The van der Waals surface area contributed by atoms with Gasteiger partial charge in [0.2, 0.25) is 10.0 Å². The van der Waals surface area contributed by atoms with Crippen molar-refractivity contribution in [1.29, 1.82) is 0 Å². The molecule has 1 unspecified atom stereocenters. The fourth-order valence-corrected chi connectivity index (χ4v) is 4.52. The molecule has 0 spiro atoms. The highest BCUT2D eigenvalue weighted by molar-refractivity contribution is 9.10. The number of hydrogen-bond acceptors (Lipinski definition) is 4. The van der Waals surface area contributed by atoms with Crippen molar-refractivity contribution in [2.24, 2.45) is 0 Å². The van der Waals surface area contributed by atoms with E-state index in [4.69, 9.17) is 4.74 Å². The molecule has 0 aromatic heterocycles. The number of rotatable bonds is 5. The lowest BCUT2D eigenvalue weighted by Gasteiger charge is -2.27. The van der Waals surface area contributed by atoms with E-state index in [0.717, 1.165) is 19.3 Å². The van der Waals surface area contributed by atoms with Crippen LogP contribution in [0, 0.1) is 0 Å². The molecule has 118 valence electrons. The highest BCUT2D eigenvalue weighted by Gasteiger charge is 2.27. The van der Waals surface area contributed by atoms with E-state index in [2.05, 4.69) is 15.9 Å². The molecular formula is C14H20BrNO4S. The number of ether oxygens (including phenoxy) is 1. The number of halogens is 1. The number of aliphatic hydroxyl groups excluding tert-OH is 1. The van der Waals surface area contributed by atoms with Crippen molar-refractivity contribution in [3.8, 4) is 0 Å². The molecule has 21 heavy (non-hydrogen) atoms. The van der Waals surface area contributed by atoms with Crippen LogP contribution in [0.1, 0.15) is 24.8 Å². The van der Waals surface area contributed by atoms with Gasteiger partial charge in [0.15, 0.2) is 0 Å². The minimum atomic E-state index is -3.61. The van der Waals surface area contributed by atoms with Crippen LogP contribution in [0.2, 0.25) is 0 Å². The molecule has 1 atom stereocenters. The third-order valence-electron chi connectivity index (χ3n) is 3.60. The van der Waals surface area contributed by atoms with Crippen LogP contribution in [0.3, 0.4) is 0 Å². The lowest BCUT2D eigenvalue weighted by molar-refractivity contribution is 0.00858. The molecular weight excluding hydrogens is 358 g/mol. The lowest BCUT2D eigenvalue weighted by Crippen LogP contribution is -2.37. The molecule has 1 N–H and O–H groups in total. The van der Waals surface area contributed by atoms with E-state index in [1.165, 1.54) is 10.4 Å². The van der Waals surface area contributed by atoms with Crippen molar-refractivity contribution < 1.29 is 18.3 Å². The second kappa shape index (κ2) is 7.19. The van der Waals surface area contributed by atoms with Gasteiger partial charge in [0.25, 0.3) is 0 Å². The summed E-state index contributed by atoms with van der Waals surface area (Å²) in [5.41, 5.74) is 0.569. The first-order valence-electron chi connectivity index (χ1n) is 6.92. The van der Waals surface area contributed by atoms with Gasteiger partial charge in [-0.2, -0.15) is 4.31 Å². The SMILES string of the molecule is CN(CC1CCCCO1)S(=O)(=O)c1cc(CO)ccc1Br. The normalized spacial score (nSPS) is 19.9. The molecule has 1 aromatic carbocycles. The topological polar surface area (TPSA) is 66.8 Å². The van der Waals surface area contributed by atoms with Gasteiger partial charge in [0.1, 0.15) is 0 Å². The van der Waals surface area contributed by atoms with E-state index < -0.39 is 10.0 Å². The van der Waals surface area contributed by atoms with Gasteiger partial charge in [-0.3, -0.25) is 0 Å². The Hall–Kier alpha value is -0.470. The number of benzene rings is 1. The zero-order valence-electron chi connectivity index (χ0n) is 12.0. The Morgan fingerprint density at radius 1 is 1.43 bits per heavy atom. The largest absolute Gasteiger partial charge is 0.392 e. The van der Waals surface area contributed by atoms with Crippen LogP contribution in [-0.2, 0) is 21.4 Å². The third-order valence-corrected chi connectivity index (χ3v) is 6.42. The average Bonchev–Trinajstić information content (AvgIpc) is 2.48. The summed E-state index contributed by atoms with van der Waals surface area (Å²) in [6, 6.07) is 4.83. The molecule has 0 bridgehead atoms. The zero-order valence-corrected chi connectivity index (χ0v) is 14.4. The van der Waals surface area contributed by atoms with E-state index in [1.807, 2.05) is 0 Å². The molecule has 0 radical (unpaired) electrons. The second-order valence-electron chi connectivity index (χ2n) is 5.20. The van der Waals surface area contributed by atoms with Crippen molar-refractivity contribution in [3.63, 3.8) is 0 Å². The van der Waals surface area contributed by atoms with Crippen LogP contribution in [0.5, 0.6) is 0 Å². The van der Waals surface area contributed by atoms with Crippen LogP contribution < -0.4 is 0 Å². The summed E-state index contributed by atoms with van der Waals surface area (Å²) in [6.07, 6.45) is 2.95. The van der Waals surface area contributed by atoms with Crippen molar-refractivity contribution in [3.05, 3.63) is 28.2 Å². The molecule has 1 aliphatic rings.